The van der Waals surface area contributed by atoms with Crippen LogP contribution in [0.5, 0.6) is 0 Å². The van der Waals surface area contributed by atoms with Gasteiger partial charge < -0.3 is 9.55 Å². The molecule has 2 nitrogen and oxygen atoms in total. The maximum Gasteiger partial charge on any atom is 0.178 e. The van der Waals surface area contributed by atoms with Crippen molar-refractivity contribution in [2.45, 2.75) is 19.9 Å². The van der Waals surface area contributed by atoms with Gasteiger partial charge in [0.15, 0.2) is 4.77 Å². The van der Waals surface area contributed by atoms with Crippen LogP contribution in [0.25, 0.3) is 11.0 Å². The minimum absolute atomic E-state index is 0.766. The molecule has 16 heavy (non-hydrogen) atoms. The second-order valence-electron chi connectivity index (χ2n) is 4.65. The van der Waals surface area contributed by atoms with E-state index in [2.05, 4.69) is 16.5 Å². The fourth-order valence-corrected chi connectivity index (χ4v) is 2.79. The highest BCUT2D eigenvalue weighted by Gasteiger charge is 2.33. The Bertz CT molecular complexity index is 599. The molecule has 0 saturated heterocycles. The molecular formula is C12H13ClN2S. The topological polar surface area (TPSA) is 20.7 Å². The summed E-state index contributed by atoms with van der Waals surface area (Å²) in [6.45, 7) is 3.27. The molecule has 2 unspecified atom stereocenters. The van der Waals surface area contributed by atoms with Gasteiger partial charge in [-0.3, -0.25) is 0 Å². The van der Waals surface area contributed by atoms with Crippen LogP contribution in [-0.4, -0.2) is 9.55 Å². The summed E-state index contributed by atoms with van der Waals surface area (Å²) in [5.74, 6) is 1.59. The zero-order valence-electron chi connectivity index (χ0n) is 9.03. The Kier molecular flexibility index (Phi) is 2.33. The average Bonchev–Trinajstić information content (AvgIpc) is 2.81. The summed E-state index contributed by atoms with van der Waals surface area (Å²) in [5.41, 5.74) is 2.08. The van der Waals surface area contributed by atoms with Gasteiger partial charge in [0, 0.05) is 6.54 Å². The number of hydrogen-bond acceptors (Lipinski definition) is 1. The van der Waals surface area contributed by atoms with E-state index in [0.29, 0.717) is 0 Å². The summed E-state index contributed by atoms with van der Waals surface area (Å²) in [6, 6.07) is 5.88. The van der Waals surface area contributed by atoms with E-state index >= 15 is 0 Å². The van der Waals surface area contributed by atoms with Crippen LogP contribution in [0.1, 0.15) is 13.3 Å². The maximum absolute atomic E-state index is 6.23. The number of rotatable bonds is 2. The van der Waals surface area contributed by atoms with Crippen molar-refractivity contribution in [3.8, 4) is 0 Å². The van der Waals surface area contributed by atoms with Gasteiger partial charge in [0.2, 0.25) is 0 Å². The van der Waals surface area contributed by atoms with Crippen LogP contribution >= 0.6 is 23.8 Å². The van der Waals surface area contributed by atoms with Crippen molar-refractivity contribution in [3.05, 3.63) is 28.0 Å². The third-order valence-corrected chi connectivity index (χ3v) is 4.06. The molecule has 1 fully saturated rings. The highest BCUT2D eigenvalue weighted by molar-refractivity contribution is 7.71. The molecule has 1 aliphatic rings. The van der Waals surface area contributed by atoms with Gasteiger partial charge in [-0.15, -0.1) is 0 Å². The number of imidazole rings is 1. The molecule has 1 aliphatic carbocycles. The fraction of sp³-hybridized carbons (Fsp3) is 0.417. The normalized spacial score (nSPS) is 23.9. The van der Waals surface area contributed by atoms with Gasteiger partial charge >= 0.3 is 0 Å². The second-order valence-corrected chi connectivity index (χ2v) is 5.44. The third kappa shape index (κ3) is 1.59. The van der Waals surface area contributed by atoms with Crippen LogP contribution in [-0.2, 0) is 6.54 Å². The molecule has 2 aromatic rings. The molecule has 2 atom stereocenters. The van der Waals surface area contributed by atoms with Gasteiger partial charge in [0.1, 0.15) is 0 Å². The lowest BCUT2D eigenvalue weighted by Crippen LogP contribution is -2.00. The van der Waals surface area contributed by atoms with Crippen LogP contribution < -0.4 is 0 Å². The van der Waals surface area contributed by atoms with Crippen molar-refractivity contribution in [3.63, 3.8) is 0 Å². The molecule has 1 saturated carbocycles. The van der Waals surface area contributed by atoms with Crippen molar-refractivity contribution in [1.29, 1.82) is 0 Å². The second kappa shape index (κ2) is 3.60. The molecular weight excluding hydrogens is 240 g/mol. The van der Waals surface area contributed by atoms with E-state index in [1.807, 2.05) is 18.2 Å². The quantitative estimate of drug-likeness (QED) is 0.801. The molecule has 0 bridgehead atoms. The minimum Gasteiger partial charge on any atom is -0.331 e. The Hall–Kier alpha value is -0.800. The first-order valence-corrected chi connectivity index (χ1v) is 6.32. The number of aromatic amines is 1. The van der Waals surface area contributed by atoms with Crippen molar-refractivity contribution in [2.24, 2.45) is 11.8 Å². The number of nitrogens with one attached hydrogen (secondary N) is 1. The summed E-state index contributed by atoms with van der Waals surface area (Å²) in [4.78, 5) is 3.21. The number of para-hydroxylation sites is 1. The molecule has 0 aliphatic heterocycles. The van der Waals surface area contributed by atoms with Crippen molar-refractivity contribution < 1.29 is 0 Å². The zero-order chi connectivity index (χ0) is 11.3. The van der Waals surface area contributed by atoms with Crippen LogP contribution in [0.4, 0.5) is 0 Å². The molecule has 84 valence electrons. The predicted molar refractivity (Wildman–Crippen MR) is 69.4 cm³/mol. The van der Waals surface area contributed by atoms with E-state index in [-0.39, 0.29) is 0 Å². The number of hydrogen-bond donors (Lipinski definition) is 1. The average molecular weight is 253 g/mol. The first-order valence-electron chi connectivity index (χ1n) is 5.54. The lowest BCUT2D eigenvalue weighted by Gasteiger charge is -2.04. The third-order valence-electron chi connectivity index (χ3n) is 3.44. The minimum atomic E-state index is 0.766. The molecule has 0 spiro atoms. The summed E-state index contributed by atoms with van der Waals surface area (Å²) in [7, 11) is 0. The highest BCUT2D eigenvalue weighted by Crippen LogP contribution is 2.40. The van der Waals surface area contributed by atoms with E-state index < -0.39 is 0 Å². The Morgan fingerprint density at radius 3 is 3.00 bits per heavy atom. The summed E-state index contributed by atoms with van der Waals surface area (Å²) in [5, 5.41) is 0.776. The summed E-state index contributed by atoms with van der Waals surface area (Å²) < 4.78 is 2.92. The van der Waals surface area contributed by atoms with Crippen LogP contribution in [0.3, 0.4) is 0 Å². The van der Waals surface area contributed by atoms with E-state index in [1.165, 1.54) is 6.42 Å². The fourth-order valence-electron chi connectivity index (χ4n) is 2.24. The Morgan fingerprint density at radius 2 is 2.31 bits per heavy atom. The molecule has 0 radical (unpaired) electrons. The van der Waals surface area contributed by atoms with E-state index in [4.69, 9.17) is 23.8 Å². The maximum atomic E-state index is 6.23. The first kappa shape index (κ1) is 10.4. The SMILES string of the molecule is CC1CC1Cn1c(=S)[nH]c2cccc(Cl)c21. The molecule has 1 N–H and O–H groups in total. The lowest BCUT2D eigenvalue weighted by molar-refractivity contribution is 0.601. The van der Waals surface area contributed by atoms with Gasteiger partial charge in [-0.05, 0) is 42.6 Å². The van der Waals surface area contributed by atoms with Crippen LogP contribution in [0, 0.1) is 16.6 Å². The zero-order valence-corrected chi connectivity index (χ0v) is 10.6. The lowest BCUT2D eigenvalue weighted by atomic mass is 10.3. The van der Waals surface area contributed by atoms with Crippen molar-refractivity contribution >= 4 is 34.9 Å². The van der Waals surface area contributed by atoms with E-state index in [9.17, 15) is 0 Å². The Labute approximate surface area is 104 Å². The van der Waals surface area contributed by atoms with E-state index in [1.54, 1.807) is 0 Å². The smallest absolute Gasteiger partial charge is 0.178 e. The standard InChI is InChI=1S/C12H13ClN2S/c1-7-5-8(7)6-15-11-9(13)3-2-4-10(11)14-12(15)16/h2-4,7-8H,5-6H2,1H3,(H,14,16). The van der Waals surface area contributed by atoms with Crippen LogP contribution in [0.15, 0.2) is 18.2 Å². The summed E-state index contributed by atoms with van der Waals surface area (Å²) >= 11 is 11.6. The van der Waals surface area contributed by atoms with E-state index in [0.717, 1.165) is 39.2 Å². The molecule has 4 heteroatoms. The van der Waals surface area contributed by atoms with Crippen molar-refractivity contribution in [1.82, 2.24) is 9.55 Å². The first-order chi connectivity index (χ1) is 7.66. The number of halogens is 1. The molecule has 3 rings (SSSR count). The monoisotopic (exact) mass is 252 g/mol. The van der Waals surface area contributed by atoms with Gasteiger partial charge in [-0.1, -0.05) is 24.6 Å². The summed E-state index contributed by atoms with van der Waals surface area (Å²) in [6.07, 6.45) is 1.30. The Morgan fingerprint density at radius 1 is 1.56 bits per heavy atom. The van der Waals surface area contributed by atoms with Crippen LogP contribution in [0.2, 0.25) is 5.02 Å². The number of fused-ring (bicyclic) bond motifs is 1. The predicted octanol–water partition coefficient (Wildman–Crippen LogP) is 4.01. The number of nitrogens with zero attached hydrogens (tertiary/aromatic N) is 1. The van der Waals surface area contributed by atoms with Crippen molar-refractivity contribution in [2.75, 3.05) is 0 Å². The van der Waals surface area contributed by atoms with Gasteiger partial charge in [-0.25, -0.2) is 0 Å². The van der Waals surface area contributed by atoms with Gasteiger partial charge in [0.05, 0.1) is 16.1 Å². The molecule has 1 aromatic carbocycles. The number of H-pyrrole nitrogens is 1. The Balaban J connectivity index is 2.14. The highest BCUT2D eigenvalue weighted by atomic mass is 35.5. The molecule has 0 amide bonds. The number of aromatic nitrogens is 2. The van der Waals surface area contributed by atoms with Gasteiger partial charge in [0.25, 0.3) is 0 Å². The molecule has 1 aromatic heterocycles. The largest absolute Gasteiger partial charge is 0.331 e. The number of benzene rings is 1. The van der Waals surface area contributed by atoms with Gasteiger partial charge in [-0.2, -0.15) is 0 Å². The molecule has 1 heterocycles.